The van der Waals surface area contributed by atoms with Crippen molar-refractivity contribution in [3.63, 3.8) is 0 Å². The molecule has 0 saturated carbocycles. The van der Waals surface area contributed by atoms with Gasteiger partial charge in [-0.2, -0.15) is 0 Å². The van der Waals surface area contributed by atoms with Crippen molar-refractivity contribution >= 4 is 0 Å². The van der Waals surface area contributed by atoms with Gasteiger partial charge in [-0.25, -0.2) is 8.78 Å². The average Bonchev–Trinajstić information content (AvgIpc) is 2.25. The second kappa shape index (κ2) is 4.71. The first-order valence-corrected chi connectivity index (χ1v) is 5.06. The molecule has 0 aromatic heterocycles. The third-order valence-corrected chi connectivity index (χ3v) is 2.88. The molecule has 0 radical (unpaired) electrons. The largest absolute Gasteiger partial charge is 0.396 e. The van der Waals surface area contributed by atoms with E-state index in [0.29, 0.717) is 12.0 Å². The van der Waals surface area contributed by atoms with E-state index in [2.05, 4.69) is 0 Å². The van der Waals surface area contributed by atoms with Crippen LogP contribution in [0.15, 0.2) is 18.2 Å². The smallest absolute Gasteiger partial charge is 0.162 e. The van der Waals surface area contributed by atoms with Gasteiger partial charge < -0.3 is 5.11 Å². The van der Waals surface area contributed by atoms with Crippen LogP contribution in [0.5, 0.6) is 0 Å². The van der Waals surface area contributed by atoms with Crippen molar-refractivity contribution in [2.75, 3.05) is 6.61 Å². The van der Waals surface area contributed by atoms with Gasteiger partial charge in [0.25, 0.3) is 0 Å². The number of aliphatic hydroxyl groups is 1. The summed E-state index contributed by atoms with van der Waals surface area (Å²) in [6.45, 7) is 3.75. The van der Waals surface area contributed by atoms with Crippen molar-refractivity contribution in [1.29, 1.82) is 0 Å². The van der Waals surface area contributed by atoms with Crippen molar-refractivity contribution in [1.82, 2.24) is 0 Å². The maximum atomic E-state index is 13.3. The highest BCUT2D eigenvalue weighted by atomic mass is 19.2. The fourth-order valence-electron chi connectivity index (χ4n) is 1.44. The number of aliphatic hydroxyl groups excluding tert-OH is 1. The summed E-state index contributed by atoms with van der Waals surface area (Å²) < 4.78 is 26.3. The summed E-state index contributed by atoms with van der Waals surface area (Å²) in [6.07, 6.45) is 1.07. The van der Waals surface area contributed by atoms with Crippen LogP contribution in [0.4, 0.5) is 8.78 Å². The lowest BCUT2D eigenvalue weighted by molar-refractivity contribution is 0.136. The molecule has 84 valence electrons. The van der Waals surface area contributed by atoms with E-state index in [0.717, 1.165) is 12.5 Å². The standard InChI is InChI=1S/C12H16F2O/c1-3-12(2,8-15)7-9-5-4-6-10(13)11(9)14/h4-6,15H,3,7-8H2,1-2H3. The lowest BCUT2D eigenvalue weighted by Gasteiger charge is -2.25. The number of benzene rings is 1. The Kier molecular flexibility index (Phi) is 3.80. The quantitative estimate of drug-likeness (QED) is 0.817. The second-order valence-corrected chi connectivity index (χ2v) is 4.21. The van der Waals surface area contributed by atoms with Crippen LogP contribution >= 0.6 is 0 Å². The Morgan fingerprint density at radius 2 is 2.00 bits per heavy atom. The van der Waals surface area contributed by atoms with Crippen molar-refractivity contribution in [3.8, 4) is 0 Å². The summed E-state index contributed by atoms with van der Waals surface area (Å²) in [6, 6.07) is 4.14. The van der Waals surface area contributed by atoms with E-state index < -0.39 is 11.6 Å². The van der Waals surface area contributed by atoms with E-state index in [-0.39, 0.29) is 12.0 Å². The van der Waals surface area contributed by atoms with Gasteiger partial charge in [0.15, 0.2) is 11.6 Å². The van der Waals surface area contributed by atoms with Crippen molar-refractivity contribution in [2.45, 2.75) is 26.7 Å². The molecule has 0 fully saturated rings. The summed E-state index contributed by atoms with van der Waals surface area (Å²) in [7, 11) is 0. The number of halogens is 2. The number of hydrogen-bond donors (Lipinski definition) is 1. The van der Waals surface area contributed by atoms with Crippen LogP contribution in [0, 0.1) is 17.0 Å². The molecule has 0 bridgehead atoms. The van der Waals surface area contributed by atoms with E-state index in [1.165, 1.54) is 6.07 Å². The van der Waals surface area contributed by atoms with Crippen molar-refractivity contribution in [2.24, 2.45) is 5.41 Å². The molecule has 0 saturated heterocycles. The van der Waals surface area contributed by atoms with Crippen LogP contribution < -0.4 is 0 Å². The van der Waals surface area contributed by atoms with E-state index in [9.17, 15) is 13.9 Å². The van der Waals surface area contributed by atoms with Gasteiger partial charge in [-0.3, -0.25) is 0 Å². The molecule has 3 heteroatoms. The molecule has 1 atom stereocenters. The van der Waals surface area contributed by atoms with Crippen LogP contribution in [-0.4, -0.2) is 11.7 Å². The lowest BCUT2D eigenvalue weighted by atomic mass is 9.82. The van der Waals surface area contributed by atoms with Crippen LogP contribution in [0.3, 0.4) is 0 Å². The molecule has 1 nitrogen and oxygen atoms in total. The molecule has 1 unspecified atom stereocenters. The van der Waals surface area contributed by atoms with Gasteiger partial charge in [-0.05, 0) is 29.9 Å². The average molecular weight is 214 g/mol. The lowest BCUT2D eigenvalue weighted by Crippen LogP contribution is -2.24. The Hall–Kier alpha value is -0.960. The monoisotopic (exact) mass is 214 g/mol. The zero-order valence-electron chi connectivity index (χ0n) is 9.06. The third-order valence-electron chi connectivity index (χ3n) is 2.88. The molecular weight excluding hydrogens is 198 g/mol. The third kappa shape index (κ3) is 2.75. The normalized spacial score (nSPS) is 15.0. The number of rotatable bonds is 4. The molecule has 0 heterocycles. The Bertz CT molecular complexity index is 332. The zero-order chi connectivity index (χ0) is 11.5. The van der Waals surface area contributed by atoms with E-state index in [1.54, 1.807) is 6.07 Å². The van der Waals surface area contributed by atoms with Crippen LogP contribution in [0.2, 0.25) is 0 Å². The first kappa shape index (κ1) is 12.1. The van der Waals surface area contributed by atoms with Gasteiger partial charge in [0.05, 0.1) is 0 Å². The Morgan fingerprint density at radius 3 is 2.53 bits per heavy atom. The number of hydrogen-bond acceptors (Lipinski definition) is 1. The molecule has 0 amide bonds. The highest BCUT2D eigenvalue weighted by Gasteiger charge is 2.23. The molecule has 0 aliphatic carbocycles. The molecule has 1 rings (SSSR count). The summed E-state index contributed by atoms with van der Waals surface area (Å²) in [5, 5.41) is 9.19. The van der Waals surface area contributed by atoms with Gasteiger partial charge >= 0.3 is 0 Å². The molecule has 0 spiro atoms. The van der Waals surface area contributed by atoms with Gasteiger partial charge in [0.1, 0.15) is 0 Å². The fraction of sp³-hybridized carbons (Fsp3) is 0.500. The molecule has 1 aromatic rings. The zero-order valence-corrected chi connectivity index (χ0v) is 9.06. The highest BCUT2D eigenvalue weighted by Crippen LogP contribution is 2.27. The van der Waals surface area contributed by atoms with E-state index in [1.807, 2.05) is 13.8 Å². The summed E-state index contributed by atoms with van der Waals surface area (Å²) in [4.78, 5) is 0. The summed E-state index contributed by atoms with van der Waals surface area (Å²) in [5.41, 5.74) is -0.0531. The molecule has 15 heavy (non-hydrogen) atoms. The SMILES string of the molecule is CCC(C)(CO)Cc1cccc(F)c1F. The molecule has 1 N–H and O–H groups in total. The molecular formula is C12H16F2O. The minimum absolute atomic E-state index is 0.0283. The summed E-state index contributed by atoms with van der Waals surface area (Å²) >= 11 is 0. The Morgan fingerprint density at radius 1 is 1.33 bits per heavy atom. The van der Waals surface area contributed by atoms with Crippen LogP contribution in [-0.2, 0) is 6.42 Å². The van der Waals surface area contributed by atoms with Gasteiger partial charge in [-0.15, -0.1) is 0 Å². The first-order valence-electron chi connectivity index (χ1n) is 5.06. The van der Waals surface area contributed by atoms with Gasteiger partial charge in [0.2, 0.25) is 0 Å². The first-order chi connectivity index (χ1) is 7.02. The molecule has 1 aromatic carbocycles. The summed E-state index contributed by atoms with van der Waals surface area (Å²) in [5.74, 6) is -1.63. The minimum Gasteiger partial charge on any atom is -0.396 e. The maximum absolute atomic E-state index is 13.3. The van der Waals surface area contributed by atoms with Crippen LogP contribution in [0.1, 0.15) is 25.8 Å². The molecule has 0 aliphatic rings. The predicted octanol–water partition coefficient (Wildman–Crippen LogP) is 2.92. The molecule has 0 aliphatic heterocycles. The van der Waals surface area contributed by atoms with Crippen molar-refractivity contribution < 1.29 is 13.9 Å². The van der Waals surface area contributed by atoms with Crippen LogP contribution in [0.25, 0.3) is 0 Å². The fourth-order valence-corrected chi connectivity index (χ4v) is 1.44. The second-order valence-electron chi connectivity index (χ2n) is 4.21. The Balaban J connectivity index is 2.94. The Labute approximate surface area is 88.7 Å². The van der Waals surface area contributed by atoms with Gasteiger partial charge in [0, 0.05) is 6.61 Å². The predicted molar refractivity (Wildman–Crippen MR) is 55.5 cm³/mol. The topological polar surface area (TPSA) is 20.2 Å². The highest BCUT2D eigenvalue weighted by molar-refractivity contribution is 5.20. The van der Waals surface area contributed by atoms with E-state index >= 15 is 0 Å². The minimum atomic E-state index is -0.830. The maximum Gasteiger partial charge on any atom is 0.162 e. The van der Waals surface area contributed by atoms with Crippen molar-refractivity contribution in [3.05, 3.63) is 35.4 Å². The van der Waals surface area contributed by atoms with E-state index in [4.69, 9.17) is 0 Å². The van der Waals surface area contributed by atoms with Gasteiger partial charge in [-0.1, -0.05) is 26.0 Å².